The molecule has 2 aliphatic heterocycles. The summed E-state index contributed by atoms with van der Waals surface area (Å²) in [6.07, 6.45) is 4.79. The zero-order valence-corrected chi connectivity index (χ0v) is 18.5. The van der Waals surface area contributed by atoms with Crippen LogP contribution in [0.5, 0.6) is 0 Å². The van der Waals surface area contributed by atoms with Crippen LogP contribution in [0, 0.1) is 5.82 Å². The number of carbonyl (C=O) groups excluding carboxylic acids is 1. The molecular weight excluding hydrogens is 435 g/mol. The largest absolute Gasteiger partial charge is 0.387 e. The van der Waals surface area contributed by atoms with Gasteiger partial charge < -0.3 is 25.8 Å². The van der Waals surface area contributed by atoms with Gasteiger partial charge in [0.1, 0.15) is 5.82 Å². The second-order valence-corrected chi connectivity index (χ2v) is 8.75. The molecular formula is C26H27FN4O3. The van der Waals surface area contributed by atoms with Crippen LogP contribution in [0.3, 0.4) is 0 Å². The Balaban J connectivity index is 1.08. The minimum Gasteiger partial charge on any atom is -0.387 e. The van der Waals surface area contributed by atoms with E-state index in [4.69, 9.17) is 4.74 Å². The molecule has 2 fully saturated rings. The molecule has 2 aliphatic rings. The molecule has 0 radical (unpaired) electrons. The van der Waals surface area contributed by atoms with E-state index >= 15 is 0 Å². The van der Waals surface area contributed by atoms with E-state index in [-0.39, 0.29) is 17.8 Å². The smallest absolute Gasteiger partial charge is 0.256 e. The maximum Gasteiger partial charge on any atom is 0.256 e. The summed E-state index contributed by atoms with van der Waals surface area (Å²) in [6, 6.07) is 18.0. The number of pyridine rings is 1. The predicted octanol–water partition coefficient (Wildman–Crippen LogP) is 3.14. The van der Waals surface area contributed by atoms with Crippen LogP contribution in [0.1, 0.15) is 40.4 Å². The first-order chi connectivity index (χ1) is 16.6. The van der Waals surface area contributed by atoms with Crippen LogP contribution in [0.4, 0.5) is 10.1 Å². The Morgan fingerprint density at radius 3 is 2.71 bits per heavy atom. The number of aromatic nitrogens is 1. The highest BCUT2D eigenvalue weighted by atomic mass is 19.1. The number of amides is 1. The highest BCUT2D eigenvalue weighted by molar-refractivity contribution is 5.94. The molecule has 1 unspecified atom stereocenters. The summed E-state index contributed by atoms with van der Waals surface area (Å²) in [7, 11) is 0. The summed E-state index contributed by atoms with van der Waals surface area (Å²) in [5.41, 5.74) is 2.90. The number of aliphatic hydroxyl groups is 1. The predicted molar refractivity (Wildman–Crippen MR) is 125 cm³/mol. The molecule has 0 saturated carbocycles. The molecule has 1 aromatic heterocycles. The first-order valence-corrected chi connectivity index (χ1v) is 11.5. The molecule has 2 saturated heterocycles. The van der Waals surface area contributed by atoms with E-state index in [9.17, 15) is 14.3 Å². The van der Waals surface area contributed by atoms with Crippen molar-refractivity contribution in [3.63, 3.8) is 0 Å². The summed E-state index contributed by atoms with van der Waals surface area (Å²) in [6.45, 7) is 0. The third-order valence-electron chi connectivity index (χ3n) is 6.31. The van der Waals surface area contributed by atoms with E-state index in [1.165, 1.54) is 17.7 Å². The fraction of sp³-hybridized carbons (Fsp3) is 0.308. The lowest BCUT2D eigenvalue weighted by atomic mass is 10.0. The van der Waals surface area contributed by atoms with Gasteiger partial charge in [0.05, 0.1) is 11.7 Å². The van der Waals surface area contributed by atoms with Crippen LogP contribution in [0.25, 0.3) is 0 Å². The van der Waals surface area contributed by atoms with E-state index in [0.29, 0.717) is 6.04 Å². The van der Waals surface area contributed by atoms with Gasteiger partial charge in [0.25, 0.3) is 5.91 Å². The van der Waals surface area contributed by atoms with Crippen molar-refractivity contribution < 1.29 is 19.0 Å². The molecule has 4 N–H and O–H groups in total. The monoisotopic (exact) mass is 462 g/mol. The van der Waals surface area contributed by atoms with Crippen molar-refractivity contribution in [2.45, 2.75) is 49.9 Å². The SMILES string of the molecule is O=C(N[C@H]1OC1Nc1ccc(C[C@@H]2CC[C@H]([C@H](O)c3cccnc3)N2)cc1)c1ccccc1F. The number of aliphatic hydroxyl groups excluding tert-OH is 1. The normalized spacial score (nSPS) is 24.4. The van der Waals surface area contributed by atoms with Crippen LogP contribution >= 0.6 is 0 Å². The molecule has 1 amide bonds. The van der Waals surface area contributed by atoms with Gasteiger partial charge in [0, 0.05) is 35.7 Å². The van der Waals surface area contributed by atoms with Crippen LogP contribution in [-0.4, -0.2) is 40.5 Å². The lowest BCUT2D eigenvalue weighted by Crippen LogP contribution is -2.35. The van der Waals surface area contributed by atoms with Gasteiger partial charge in [-0.15, -0.1) is 0 Å². The van der Waals surface area contributed by atoms with Crippen LogP contribution in [0.2, 0.25) is 0 Å². The molecule has 176 valence electrons. The fourth-order valence-corrected chi connectivity index (χ4v) is 4.41. The minimum atomic E-state index is -0.560. The summed E-state index contributed by atoms with van der Waals surface area (Å²) < 4.78 is 19.2. The molecule has 3 heterocycles. The number of hydrogen-bond donors (Lipinski definition) is 4. The number of nitrogens with zero attached hydrogens (tertiary/aromatic N) is 1. The fourth-order valence-electron chi connectivity index (χ4n) is 4.41. The number of halogens is 1. The summed E-state index contributed by atoms with van der Waals surface area (Å²) in [4.78, 5) is 16.3. The number of anilines is 1. The van der Waals surface area contributed by atoms with Crippen LogP contribution < -0.4 is 16.0 Å². The first-order valence-electron chi connectivity index (χ1n) is 11.5. The third kappa shape index (κ3) is 5.25. The molecule has 8 heteroatoms. The topological polar surface area (TPSA) is 98.8 Å². The van der Waals surface area contributed by atoms with Crippen molar-refractivity contribution in [1.82, 2.24) is 15.6 Å². The van der Waals surface area contributed by atoms with E-state index in [2.05, 4.69) is 33.1 Å². The van der Waals surface area contributed by atoms with Gasteiger partial charge in [-0.25, -0.2) is 4.39 Å². The molecule has 3 aromatic rings. The molecule has 2 aromatic carbocycles. The average molecular weight is 463 g/mol. The molecule has 5 rings (SSSR count). The standard InChI is InChI=1S/C26H27FN4O3/c27-21-6-2-1-5-20(21)24(33)31-26-25(34-26)30-18-9-7-16(8-10-18)14-19-11-12-22(29-19)23(32)17-4-3-13-28-15-17/h1-10,13,15,19,22-23,25-26,29-30,32H,11-12,14H2,(H,31,33)/t19-,22+,23+,25?,26-/m0/s1. The Hall–Kier alpha value is -3.33. The van der Waals surface area contributed by atoms with E-state index in [0.717, 1.165) is 30.5 Å². The Morgan fingerprint density at radius 1 is 1.12 bits per heavy atom. The van der Waals surface area contributed by atoms with Gasteiger partial charge >= 0.3 is 0 Å². The highest BCUT2D eigenvalue weighted by Gasteiger charge is 2.40. The van der Waals surface area contributed by atoms with E-state index < -0.39 is 24.1 Å². The summed E-state index contributed by atoms with van der Waals surface area (Å²) >= 11 is 0. The number of carbonyl (C=O) groups is 1. The zero-order valence-electron chi connectivity index (χ0n) is 18.5. The number of nitrogens with one attached hydrogen (secondary N) is 3. The van der Waals surface area contributed by atoms with Gasteiger partial charge in [-0.1, -0.05) is 30.3 Å². The number of hydrogen-bond acceptors (Lipinski definition) is 6. The van der Waals surface area contributed by atoms with Crippen molar-refractivity contribution >= 4 is 11.6 Å². The molecule has 34 heavy (non-hydrogen) atoms. The lowest BCUT2D eigenvalue weighted by molar-refractivity contribution is 0.0931. The molecule has 7 nitrogen and oxygen atoms in total. The van der Waals surface area contributed by atoms with Crippen molar-refractivity contribution in [3.05, 3.63) is 95.6 Å². The van der Waals surface area contributed by atoms with Gasteiger partial charge in [0.15, 0.2) is 12.5 Å². The third-order valence-corrected chi connectivity index (χ3v) is 6.31. The first kappa shape index (κ1) is 22.5. The molecule has 0 bridgehead atoms. The maximum absolute atomic E-state index is 13.7. The minimum absolute atomic E-state index is 0.00295. The Labute approximate surface area is 197 Å². The summed E-state index contributed by atoms with van der Waals surface area (Å²) in [5.74, 6) is -1.06. The Morgan fingerprint density at radius 2 is 1.94 bits per heavy atom. The van der Waals surface area contributed by atoms with Crippen LogP contribution in [-0.2, 0) is 11.2 Å². The molecule has 5 atom stereocenters. The molecule has 0 aliphatic carbocycles. The second kappa shape index (κ2) is 9.89. The van der Waals surface area contributed by atoms with Gasteiger partial charge in [-0.3, -0.25) is 9.78 Å². The van der Waals surface area contributed by atoms with Gasteiger partial charge in [0.2, 0.25) is 0 Å². The zero-order chi connectivity index (χ0) is 23.5. The number of epoxide rings is 1. The van der Waals surface area contributed by atoms with Gasteiger partial charge in [-0.05, 0) is 55.2 Å². The lowest BCUT2D eigenvalue weighted by Gasteiger charge is -2.20. The van der Waals surface area contributed by atoms with E-state index in [1.54, 1.807) is 24.5 Å². The maximum atomic E-state index is 13.7. The van der Waals surface area contributed by atoms with Crippen molar-refractivity contribution in [1.29, 1.82) is 0 Å². The Kier molecular flexibility index (Phi) is 6.53. The van der Waals surface area contributed by atoms with Crippen molar-refractivity contribution in [2.24, 2.45) is 0 Å². The number of rotatable bonds is 8. The Bertz CT molecular complexity index is 1130. The van der Waals surface area contributed by atoms with Crippen LogP contribution in [0.15, 0.2) is 73.1 Å². The molecule has 0 spiro atoms. The number of ether oxygens (including phenoxy) is 1. The quantitative estimate of drug-likeness (QED) is 0.384. The average Bonchev–Trinajstić information content (AvgIpc) is 3.40. The van der Waals surface area contributed by atoms with Crippen molar-refractivity contribution in [2.75, 3.05) is 5.32 Å². The second-order valence-electron chi connectivity index (χ2n) is 8.75. The highest BCUT2D eigenvalue weighted by Crippen LogP contribution is 2.27. The van der Waals surface area contributed by atoms with Gasteiger partial charge in [-0.2, -0.15) is 0 Å². The van der Waals surface area contributed by atoms with Crippen molar-refractivity contribution in [3.8, 4) is 0 Å². The number of benzene rings is 2. The van der Waals surface area contributed by atoms with E-state index in [1.807, 2.05) is 24.3 Å². The summed E-state index contributed by atoms with van der Waals surface area (Å²) in [5, 5.41) is 20.1.